The Morgan fingerprint density at radius 2 is 2.11 bits per heavy atom. The second-order valence-corrected chi connectivity index (χ2v) is 5.06. The highest BCUT2D eigenvalue weighted by Gasteiger charge is 2.18. The summed E-state index contributed by atoms with van der Waals surface area (Å²) >= 11 is 2.15. The molecule has 0 spiro atoms. The fourth-order valence-electron chi connectivity index (χ4n) is 1.55. The molecule has 98 valence electrons. The minimum atomic E-state index is -0.401. The standard InChI is InChI=1S/C13H16INO3/c1-3-7-15(9-12(16)18-2)13(17)10-5-4-6-11(14)8-10/h4-6,8H,3,7,9H2,1-2H3. The number of hydrogen-bond acceptors (Lipinski definition) is 3. The number of ether oxygens (including phenoxy) is 1. The summed E-state index contributed by atoms with van der Waals surface area (Å²) in [5.41, 5.74) is 0.597. The average Bonchev–Trinajstić information content (AvgIpc) is 2.37. The number of esters is 1. The zero-order valence-electron chi connectivity index (χ0n) is 10.5. The molecule has 4 nitrogen and oxygen atoms in total. The van der Waals surface area contributed by atoms with Crippen LogP contribution < -0.4 is 0 Å². The molecule has 1 amide bonds. The Labute approximate surface area is 120 Å². The first-order valence-corrected chi connectivity index (χ1v) is 6.78. The zero-order chi connectivity index (χ0) is 13.5. The second-order valence-electron chi connectivity index (χ2n) is 3.81. The normalized spacial score (nSPS) is 9.94. The minimum absolute atomic E-state index is 0.00531. The Kier molecular flexibility index (Phi) is 6.11. The minimum Gasteiger partial charge on any atom is -0.468 e. The molecule has 0 heterocycles. The first-order valence-electron chi connectivity index (χ1n) is 5.70. The quantitative estimate of drug-likeness (QED) is 0.597. The van der Waals surface area contributed by atoms with E-state index in [4.69, 9.17) is 0 Å². The van der Waals surface area contributed by atoms with Gasteiger partial charge in [-0.1, -0.05) is 13.0 Å². The Balaban J connectivity index is 2.85. The third-order valence-electron chi connectivity index (χ3n) is 2.40. The Morgan fingerprint density at radius 1 is 1.39 bits per heavy atom. The summed E-state index contributed by atoms with van der Waals surface area (Å²) < 4.78 is 5.60. The Hall–Kier alpha value is -1.11. The summed E-state index contributed by atoms with van der Waals surface area (Å²) in [5.74, 6) is -0.539. The largest absolute Gasteiger partial charge is 0.468 e. The van der Waals surface area contributed by atoms with Crippen LogP contribution in [0.2, 0.25) is 0 Å². The highest BCUT2D eigenvalue weighted by atomic mass is 127. The van der Waals surface area contributed by atoms with Gasteiger partial charge in [0.05, 0.1) is 7.11 Å². The predicted octanol–water partition coefficient (Wildman–Crippen LogP) is 2.32. The summed E-state index contributed by atoms with van der Waals surface area (Å²) in [6, 6.07) is 7.31. The maximum atomic E-state index is 12.3. The Bertz CT molecular complexity index is 434. The van der Waals surface area contributed by atoms with Crippen molar-refractivity contribution in [1.82, 2.24) is 4.90 Å². The fraction of sp³-hybridized carbons (Fsp3) is 0.385. The van der Waals surface area contributed by atoms with Crippen molar-refractivity contribution in [2.45, 2.75) is 13.3 Å². The molecule has 0 saturated carbocycles. The van der Waals surface area contributed by atoms with Gasteiger partial charge in [-0.15, -0.1) is 0 Å². The monoisotopic (exact) mass is 361 g/mol. The van der Waals surface area contributed by atoms with E-state index >= 15 is 0 Å². The molecule has 0 saturated heterocycles. The van der Waals surface area contributed by atoms with Gasteiger partial charge in [-0.25, -0.2) is 0 Å². The molecule has 0 unspecified atom stereocenters. The SMILES string of the molecule is CCCN(CC(=O)OC)C(=O)c1cccc(I)c1. The van der Waals surface area contributed by atoms with Crippen LogP contribution in [0.4, 0.5) is 0 Å². The highest BCUT2D eigenvalue weighted by molar-refractivity contribution is 14.1. The van der Waals surface area contributed by atoms with Gasteiger partial charge in [0.2, 0.25) is 0 Å². The number of halogens is 1. The fourth-order valence-corrected chi connectivity index (χ4v) is 2.09. The number of rotatable bonds is 5. The summed E-state index contributed by atoms with van der Waals surface area (Å²) in [6.07, 6.45) is 0.798. The number of nitrogens with zero attached hydrogens (tertiary/aromatic N) is 1. The van der Waals surface area contributed by atoms with Crippen molar-refractivity contribution in [3.63, 3.8) is 0 Å². The molecule has 0 aliphatic carbocycles. The lowest BCUT2D eigenvalue weighted by Crippen LogP contribution is -2.36. The zero-order valence-corrected chi connectivity index (χ0v) is 12.6. The van der Waals surface area contributed by atoms with Crippen LogP contribution in [0.1, 0.15) is 23.7 Å². The van der Waals surface area contributed by atoms with Crippen molar-refractivity contribution in [3.05, 3.63) is 33.4 Å². The smallest absolute Gasteiger partial charge is 0.325 e. The molecule has 1 aromatic rings. The maximum Gasteiger partial charge on any atom is 0.325 e. The first-order chi connectivity index (χ1) is 8.58. The van der Waals surface area contributed by atoms with Crippen molar-refractivity contribution in [2.75, 3.05) is 20.2 Å². The van der Waals surface area contributed by atoms with Gasteiger partial charge in [0.1, 0.15) is 6.54 Å². The molecule has 0 radical (unpaired) electrons. The van der Waals surface area contributed by atoms with E-state index < -0.39 is 5.97 Å². The lowest BCUT2D eigenvalue weighted by Gasteiger charge is -2.20. The summed E-state index contributed by atoms with van der Waals surface area (Å²) in [6.45, 7) is 2.50. The van der Waals surface area contributed by atoms with E-state index in [2.05, 4.69) is 27.3 Å². The molecule has 1 aromatic carbocycles. The number of amides is 1. The summed E-state index contributed by atoms with van der Waals surface area (Å²) in [4.78, 5) is 25.0. The number of carbonyl (C=O) groups excluding carboxylic acids is 2. The number of carbonyl (C=O) groups is 2. The molecular weight excluding hydrogens is 345 g/mol. The van der Waals surface area contributed by atoms with E-state index in [9.17, 15) is 9.59 Å². The average molecular weight is 361 g/mol. The van der Waals surface area contributed by atoms with Crippen molar-refractivity contribution >= 4 is 34.5 Å². The lowest BCUT2D eigenvalue weighted by atomic mass is 10.2. The number of hydrogen-bond donors (Lipinski definition) is 0. The topological polar surface area (TPSA) is 46.6 Å². The molecule has 0 bridgehead atoms. The van der Waals surface area contributed by atoms with Crippen molar-refractivity contribution in [3.8, 4) is 0 Å². The molecule has 1 rings (SSSR count). The summed E-state index contributed by atoms with van der Waals surface area (Å²) in [5, 5.41) is 0. The molecular formula is C13H16INO3. The van der Waals surface area contributed by atoms with Crippen LogP contribution in [-0.4, -0.2) is 37.0 Å². The predicted molar refractivity (Wildman–Crippen MR) is 77.4 cm³/mol. The van der Waals surface area contributed by atoms with E-state index in [0.717, 1.165) is 9.99 Å². The molecule has 18 heavy (non-hydrogen) atoms. The summed E-state index contributed by atoms with van der Waals surface area (Å²) in [7, 11) is 1.32. The van der Waals surface area contributed by atoms with Crippen LogP contribution in [0.3, 0.4) is 0 Å². The third-order valence-corrected chi connectivity index (χ3v) is 3.07. The van der Waals surface area contributed by atoms with E-state index in [1.54, 1.807) is 6.07 Å². The van der Waals surface area contributed by atoms with Gasteiger partial charge in [0, 0.05) is 15.7 Å². The van der Waals surface area contributed by atoms with Gasteiger partial charge in [0.25, 0.3) is 5.91 Å². The van der Waals surface area contributed by atoms with Gasteiger partial charge in [-0.05, 0) is 47.2 Å². The van der Waals surface area contributed by atoms with Gasteiger partial charge < -0.3 is 9.64 Å². The molecule has 0 N–H and O–H groups in total. The number of benzene rings is 1. The van der Waals surface area contributed by atoms with Crippen LogP contribution in [0.15, 0.2) is 24.3 Å². The molecule has 0 fully saturated rings. The van der Waals surface area contributed by atoms with Crippen molar-refractivity contribution in [2.24, 2.45) is 0 Å². The van der Waals surface area contributed by atoms with E-state index in [-0.39, 0.29) is 12.5 Å². The van der Waals surface area contributed by atoms with Crippen LogP contribution in [-0.2, 0) is 9.53 Å². The molecule has 0 atom stereocenters. The highest BCUT2D eigenvalue weighted by Crippen LogP contribution is 2.11. The molecule has 0 aliphatic rings. The maximum absolute atomic E-state index is 12.3. The van der Waals surface area contributed by atoms with Gasteiger partial charge in [-0.3, -0.25) is 9.59 Å². The van der Waals surface area contributed by atoms with Crippen LogP contribution in [0, 0.1) is 3.57 Å². The van der Waals surface area contributed by atoms with Crippen LogP contribution >= 0.6 is 22.6 Å². The molecule has 0 aliphatic heterocycles. The van der Waals surface area contributed by atoms with Crippen molar-refractivity contribution in [1.29, 1.82) is 0 Å². The van der Waals surface area contributed by atoms with Gasteiger partial charge in [-0.2, -0.15) is 0 Å². The second kappa shape index (κ2) is 7.35. The van der Waals surface area contributed by atoms with Gasteiger partial charge >= 0.3 is 5.97 Å². The van der Waals surface area contributed by atoms with Crippen LogP contribution in [0.25, 0.3) is 0 Å². The molecule has 5 heteroatoms. The van der Waals surface area contributed by atoms with Crippen LogP contribution in [0.5, 0.6) is 0 Å². The van der Waals surface area contributed by atoms with E-state index in [1.165, 1.54) is 12.0 Å². The Morgan fingerprint density at radius 3 is 2.67 bits per heavy atom. The first kappa shape index (κ1) is 14.9. The molecule has 0 aromatic heterocycles. The van der Waals surface area contributed by atoms with Crippen molar-refractivity contribution < 1.29 is 14.3 Å². The number of methoxy groups -OCH3 is 1. The van der Waals surface area contributed by atoms with E-state index in [1.807, 2.05) is 25.1 Å². The van der Waals surface area contributed by atoms with E-state index in [0.29, 0.717) is 12.1 Å². The van der Waals surface area contributed by atoms with Gasteiger partial charge in [0.15, 0.2) is 0 Å². The third kappa shape index (κ3) is 4.29. The lowest BCUT2D eigenvalue weighted by molar-refractivity contribution is -0.141.